The smallest absolute Gasteiger partial charge is 0.330 e. The van der Waals surface area contributed by atoms with Gasteiger partial charge in [-0.3, -0.25) is 19.7 Å². The quantitative estimate of drug-likeness (QED) is 0.146. The Hall–Kier alpha value is -1.68. The van der Waals surface area contributed by atoms with E-state index in [9.17, 15) is 19.2 Å². The molecule has 0 saturated carbocycles. The third kappa shape index (κ3) is 4.16. The first-order valence-electron chi connectivity index (χ1n) is 11.7. The number of amides is 2. The summed E-state index contributed by atoms with van der Waals surface area (Å²) in [7, 11) is 3.40. The van der Waals surface area contributed by atoms with E-state index in [0.717, 1.165) is 19.1 Å². The standard InChI is InChI=1S/C23H41N5O4/c1-9-17-10-18(24-7)21(32)28(16(5)19(17)28)22(6,12-29)26-15(4)20(31)27-23(13-30,25-8)11-14(2)3/h12-19,24-26H,9-11H2,1-8H3/p+1. The zero-order valence-corrected chi connectivity index (χ0v) is 20.8. The monoisotopic (exact) mass is 452 g/mol. The van der Waals surface area contributed by atoms with Gasteiger partial charge in [0.05, 0.1) is 6.04 Å². The summed E-state index contributed by atoms with van der Waals surface area (Å²) in [5.41, 5.74) is -2.45. The van der Waals surface area contributed by atoms with Crippen LogP contribution in [-0.4, -0.2) is 78.5 Å². The number of carbonyl (C=O) groups excluding carboxylic acids is 4. The fourth-order valence-corrected chi connectivity index (χ4v) is 6.07. The van der Waals surface area contributed by atoms with Crippen molar-refractivity contribution in [3.63, 3.8) is 0 Å². The minimum Gasteiger partial charge on any atom is -0.330 e. The highest BCUT2D eigenvalue weighted by atomic mass is 16.2. The number of rotatable bonds is 12. The van der Waals surface area contributed by atoms with E-state index in [1.54, 1.807) is 27.9 Å². The SMILES string of the molecule is CCC1CC(NC)C(=O)[N+]2(C(C)(C=O)NC(C)C(=O)NC(C=O)(CC(C)C)NC)C(C)C12. The summed E-state index contributed by atoms with van der Waals surface area (Å²) in [6, 6.07) is -1.10. The average Bonchev–Trinajstić information content (AvgIpc) is 3.40. The van der Waals surface area contributed by atoms with E-state index in [0.29, 0.717) is 18.6 Å². The van der Waals surface area contributed by atoms with Crippen LogP contribution in [0.3, 0.4) is 0 Å². The van der Waals surface area contributed by atoms with Crippen LogP contribution in [0.15, 0.2) is 0 Å². The highest BCUT2D eigenvalue weighted by Gasteiger charge is 2.81. The number of piperidine rings is 1. The molecule has 9 heteroatoms. The predicted molar refractivity (Wildman–Crippen MR) is 122 cm³/mol. The van der Waals surface area contributed by atoms with Crippen LogP contribution in [0.25, 0.3) is 0 Å². The number of nitrogens with zero attached hydrogens (tertiary/aromatic N) is 1. The molecule has 2 heterocycles. The van der Waals surface area contributed by atoms with Crippen molar-refractivity contribution in [2.45, 2.75) is 96.3 Å². The number of carbonyl (C=O) groups is 4. The Kier molecular flexibility index (Phi) is 8.03. The molecule has 2 aliphatic rings. The maximum absolute atomic E-state index is 13.5. The summed E-state index contributed by atoms with van der Waals surface area (Å²) in [5, 5.41) is 12.0. The molecule has 0 aromatic heterocycles. The number of hydrogen-bond acceptors (Lipinski definition) is 7. The highest BCUT2D eigenvalue weighted by molar-refractivity contribution is 5.86. The van der Waals surface area contributed by atoms with E-state index in [4.69, 9.17) is 0 Å². The van der Waals surface area contributed by atoms with Gasteiger partial charge in [-0.05, 0) is 53.1 Å². The maximum atomic E-state index is 13.5. The zero-order chi connectivity index (χ0) is 24.5. The number of hydrogen-bond donors (Lipinski definition) is 4. The second-order valence-corrected chi connectivity index (χ2v) is 10.1. The van der Waals surface area contributed by atoms with Crippen LogP contribution in [-0.2, 0) is 19.2 Å². The minimum absolute atomic E-state index is 0.00891. The Balaban J connectivity index is 2.31. The molecule has 0 aliphatic carbocycles. The Labute approximate surface area is 192 Å². The molecule has 2 fully saturated rings. The fourth-order valence-electron chi connectivity index (χ4n) is 6.07. The molecule has 182 valence electrons. The van der Waals surface area contributed by atoms with Crippen molar-refractivity contribution >= 4 is 24.4 Å². The summed E-state index contributed by atoms with van der Waals surface area (Å²) < 4.78 is 0.00891. The van der Waals surface area contributed by atoms with Gasteiger partial charge in [-0.25, -0.2) is 14.6 Å². The van der Waals surface area contributed by atoms with E-state index in [-0.39, 0.29) is 34.4 Å². The normalized spacial score (nSPS) is 34.1. The van der Waals surface area contributed by atoms with Crippen molar-refractivity contribution in [2.24, 2.45) is 11.8 Å². The molecule has 2 rings (SSSR count). The Bertz CT molecular complexity index is 746. The van der Waals surface area contributed by atoms with Gasteiger partial charge in [-0.1, -0.05) is 20.8 Å². The topological polar surface area (TPSA) is 116 Å². The van der Waals surface area contributed by atoms with Crippen molar-refractivity contribution in [2.75, 3.05) is 14.1 Å². The molecular formula is C23H42N5O4+. The van der Waals surface area contributed by atoms with Crippen LogP contribution >= 0.6 is 0 Å². The first-order valence-corrected chi connectivity index (χ1v) is 11.7. The molecule has 8 unspecified atom stereocenters. The second-order valence-electron chi connectivity index (χ2n) is 10.1. The third-order valence-electron chi connectivity index (χ3n) is 7.70. The van der Waals surface area contributed by atoms with E-state index < -0.39 is 23.3 Å². The molecule has 9 nitrogen and oxygen atoms in total. The van der Waals surface area contributed by atoms with Crippen molar-refractivity contribution in [1.82, 2.24) is 21.3 Å². The largest absolute Gasteiger partial charge is 0.333 e. The summed E-state index contributed by atoms with van der Waals surface area (Å²) in [6.45, 7) is 11.4. The Morgan fingerprint density at radius 2 is 1.84 bits per heavy atom. The van der Waals surface area contributed by atoms with Gasteiger partial charge in [0.15, 0.2) is 18.6 Å². The van der Waals surface area contributed by atoms with Gasteiger partial charge in [0.1, 0.15) is 17.7 Å². The highest BCUT2D eigenvalue weighted by Crippen LogP contribution is 2.55. The van der Waals surface area contributed by atoms with E-state index in [2.05, 4.69) is 28.2 Å². The Morgan fingerprint density at radius 1 is 1.22 bits per heavy atom. The van der Waals surface area contributed by atoms with Crippen molar-refractivity contribution in [3.05, 3.63) is 0 Å². The van der Waals surface area contributed by atoms with Gasteiger partial charge in [-0.15, -0.1) is 0 Å². The summed E-state index contributed by atoms with van der Waals surface area (Å²) in [5.74, 6) is 0.0561. The molecule has 0 aromatic rings. The summed E-state index contributed by atoms with van der Waals surface area (Å²) in [6.07, 6.45) is 3.58. The van der Waals surface area contributed by atoms with Crippen LogP contribution in [0.4, 0.5) is 0 Å². The lowest BCUT2D eigenvalue weighted by Gasteiger charge is -2.42. The molecular weight excluding hydrogens is 410 g/mol. The van der Waals surface area contributed by atoms with E-state index in [1.807, 2.05) is 20.8 Å². The predicted octanol–water partition coefficient (Wildman–Crippen LogP) is 0.289. The van der Waals surface area contributed by atoms with Gasteiger partial charge in [-0.2, -0.15) is 0 Å². The molecule has 2 amide bonds. The van der Waals surface area contributed by atoms with Gasteiger partial charge >= 0.3 is 5.91 Å². The van der Waals surface area contributed by atoms with Crippen molar-refractivity contribution in [1.29, 1.82) is 0 Å². The number of aldehydes is 2. The molecule has 0 spiro atoms. The Morgan fingerprint density at radius 3 is 2.28 bits per heavy atom. The molecule has 0 aromatic carbocycles. The minimum atomic E-state index is -1.26. The second kappa shape index (κ2) is 9.67. The summed E-state index contributed by atoms with van der Waals surface area (Å²) >= 11 is 0. The molecule has 8 atom stereocenters. The lowest BCUT2D eigenvalue weighted by molar-refractivity contribution is -0.803. The van der Waals surface area contributed by atoms with Gasteiger partial charge in [0.2, 0.25) is 11.6 Å². The first kappa shape index (κ1) is 26.6. The number of quaternary nitrogens is 1. The fraction of sp³-hybridized carbons (Fsp3) is 0.826. The number of likely N-dealkylation sites (N-methyl/N-ethyl adjacent to an activating group) is 2. The molecule has 4 N–H and O–H groups in total. The van der Waals surface area contributed by atoms with E-state index in [1.165, 1.54) is 0 Å². The first-order chi connectivity index (χ1) is 14.9. The van der Waals surface area contributed by atoms with Crippen molar-refractivity contribution < 1.29 is 23.7 Å². The van der Waals surface area contributed by atoms with Gasteiger partial charge < -0.3 is 10.6 Å². The van der Waals surface area contributed by atoms with Crippen LogP contribution in [0.2, 0.25) is 0 Å². The molecule has 0 bridgehead atoms. The average molecular weight is 453 g/mol. The molecule has 0 radical (unpaired) electrons. The lowest BCUT2D eigenvalue weighted by atomic mass is 9.88. The number of fused-ring (bicyclic) bond motifs is 1. The van der Waals surface area contributed by atoms with Crippen LogP contribution in [0.1, 0.15) is 60.8 Å². The molecule has 2 aliphatic heterocycles. The van der Waals surface area contributed by atoms with Crippen LogP contribution in [0.5, 0.6) is 0 Å². The van der Waals surface area contributed by atoms with E-state index >= 15 is 0 Å². The lowest BCUT2D eigenvalue weighted by Crippen LogP contribution is -2.72. The van der Waals surface area contributed by atoms with Gasteiger partial charge in [0, 0.05) is 12.8 Å². The summed E-state index contributed by atoms with van der Waals surface area (Å²) in [4.78, 5) is 50.9. The maximum Gasteiger partial charge on any atom is 0.333 e. The van der Waals surface area contributed by atoms with Crippen LogP contribution < -0.4 is 21.3 Å². The van der Waals surface area contributed by atoms with Crippen LogP contribution in [0, 0.1) is 11.8 Å². The molecule has 32 heavy (non-hydrogen) atoms. The number of nitrogens with one attached hydrogen (secondary N) is 4. The molecule has 2 saturated heterocycles. The third-order valence-corrected chi connectivity index (χ3v) is 7.70. The van der Waals surface area contributed by atoms with Gasteiger partial charge in [0.25, 0.3) is 0 Å². The zero-order valence-electron chi connectivity index (χ0n) is 20.8. The van der Waals surface area contributed by atoms with Crippen molar-refractivity contribution in [3.8, 4) is 0 Å².